The van der Waals surface area contributed by atoms with Crippen LogP contribution in [-0.4, -0.2) is 40.6 Å². The first kappa shape index (κ1) is 15.9. The van der Waals surface area contributed by atoms with Crippen molar-refractivity contribution in [2.45, 2.75) is 24.6 Å². The molecule has 0 spiro atoms. The van der Waals surface area contributed by atoms with Gasteiger partial charge in [-0.25, -0.2) is 17.9 Å². The number of methoxy groups -OCH3 is 1. The fraction of sp³-hybridized carbons (Fsp3) is 0.500. The number of ether oxygens (including phenoxy) is 1. The summed E-state index contributed by atoms with van der Waals surface area (Å²) in [5.74, 6) is -0.628. The number of carbonyl (C=O) groups is 1. The van der Waals surface area contributed by atoms with E-state index in [1.54, 1.807) is 18.2 Å². The van der Waals surface area contributed by atoms with Crippen molar-refractivity contribution in [2.75, 3.05) is 20.2 Å². The largest absolute Gasteiger partial charge is 0.465 e. The normalized spacial score (nSPS) is 14.9. The Morgan fingerprint density at radius 2 is 2.10 bits per heavy atom. The predicted octanol–water partition coefficient (Wildman–Crippen LogP) is 0.645. The van der Waals surface area contributed by atoms with Gasteiger partial charge in [-0.2, -0.15) is 0 Å². The van der Waals surface area contributed by atoms with Crippen molar-refractivity contribution >= 4 is 16.0 Å². The number of rotatable bonds is 8. The van der Waals surface area contributed by atoms with Gasteiger partial charge in [-0.1, -0.05) is 12.1 Å². The van der Waals surface area contributed by atoms with Crippen molar-refractivity contribution in [3.63, 3.8) is 0 Å². The van der Waals surface area contributed by atoms with Gasteiger partial charge < -0.3 is 10.1 Å². The van der Waals surface area contributed by atoms with Gasteiger partial charge in [0.2, 0.25) is 10.0 Å². The van der Waals surface area contributed by atoms with E-state index in [0.29, 0.717) is 30.3 Å². The second kappa shape index (κ2) is 7.02. The van der Waals surface area contributed by atoms with Gasteiger partial charge in [0.1, 0.15) is 0 Å². The van der Waals surface area contributed by atoms with E-state index >= 15 is 0 Å². The van der Waals surface area contributed by atoms with E-state index in [-0.39, 0.29) is 5.75 Å². The highest BCUT2D eigenvalue weighted by Gasteiger charge is 2.20. The monoisotopic (exact) mass is 312 g/mol. The van der Waals surface area contributed by atoms with Crippen LogP contribution in [0.4, 0.5) is 0 Å². The summed E-state index contributed by atoms with van der Waals surface area (Å²) in [6.07, 6.45) is 2.35. The number of benzene rings is 1. The minimum atomic E-state index is -3.40. The number of carbonyl (C=O) groups excluding carboxylic acids is 1. The zero-order valence-corrected chi connectivity index (χ0v) is 12.8. The molecule has 1 fully saturated rings. The Morgan fingerprint density at radius 3 is 2.76 bits per heavy atom. The summed E-state index contributed by atoms with van der Waals surface area (Å²) in [7, 11) is -2.11. The summed E-state index contributed by atoms with van der Waals surface area (Å²) < 4.78 is 31.1. The molecule has 2 rings (SSSR count). The molecule has 2 N–H and O–H groups in total. The van der Waals surface area contributed by atoms with Crippen LogP contribution in [0.15, 0.2) is 24.3 Å². The first-order valence-electron chi connectivity index (χ1n) is 6.88. The summed E-state index contributed by atoms with van der Waals surface area (Å²) in [6.45, 7) is 1.00. The minimum absolute atomic E-state index is 0.152. The van der Waals surface area contributed by atoms with Crippen LogP contribution in [0.2, 0.25) is 0 Å². The maximum absolute atomic E-state index is 12.0. The van der Waals surface area contributed by atoms with Crippen LogP contribution >= 0.6 is 0 Å². The van der Waals surface area contributed by atoms with Gasteiger partial charge in [0.15, 0.2) is 0 Å². The van der Waals surface area contributed by atoms with Crippen LogP contribution in [0.1, 0.15) is 28.8 Å². The average molecular weight is 312 g/mol. The lowest BCUT2D eigenvalue weighted by molar-refractivity contribution is 0.0600. The Balaban J connectivity index is 1.87. The molecule has 0 heterocycles. The lowest BCUT2D eigenvalue weighted by atomic mass is 10.1. The molecule has 6 nitrogen and oxygen atoms in total. The molecular weight excluding hydrogens is 292 g/mol. The standard InChI is InChI=1S/C14H20N2O4S/c1-20-14(17)12-4-2-3-11(9-12)10-21(18,19)16-8-7-15-13-5-6-13/h2-4,9,13,15-16H,5-8,10H2,1H3. The van der Waals surface area contributed by atoms with Gasteiger partial charge in [-0.15, -0.1) is 0 Å². The third-order valence-corrected chi connectivity index (χ3v) is 4.52. The Labute approximate surface area is 124 Å². The molecule has 0 bridgehead atoms. The fourth-order valence-corrected chi connectivity index (χ4v) is 3.08. The minimum Gasteiger partial charge on any atom is -0.465 e. The third-order valence-electron chi connectivity index (χ3n) is 3.16. The summed E-state index contributed by atoms with van der Waals surface area (Å²) in [6, 6.07) is 7.01. The summed E-state index contributed by atoms with van der Waals surface area (Å²) in [5, 5.41) is 3.24. The predicted molar refractivity (Wildman–Crippen MR) is 79.4 cm³/mol. The highest BCUT2D eigenvalue weighted by atomic mass is 32.2. The van der Waals surface area contributed by atoms with E-state index in [0.717, 1.165) is 0 Å². The topological polar surface area (TPSA) is 84.5 Å². The first-order valence-corrected chi connectivity index (χ1v) is 8.53. The van der Waals surface area contributed by atoms with Gasteiger partial charge in [0.25, 0.3) is 0 Å². The van der Waals surface area contributed by atoms with E-state index < -0.39 is 16.0 Å². The molecule has 1 aromatic carbocycles. The van der Waals surface area contributed by atoms with Crippen molar-refractivity contribution in [1.82, 2.24) is 10.0 Å². The Morgan fingerprint density at radius 1 is 1.33 bits per heavy atom. The van der Waals surface area contributed by atoms with Gasteiger partial charge in [-0.05, 0) is 30.5 Å². The quantitative estimate of drug-likeness (QED) is 0.544. The highest BCUT2D eigenvalue weighted by molar-refractivity contribution is 7.88. The first-order chi connectivity index (χ1) is 10.00. The lowest BCUT2D eigenvalue weighted by Crippen LogP contribution is -2.33. The molecule has 1 saturated carbocycles. The smallest absolute Gasteiger partial charge is 0.337 e. The van der Waals surface area contributed by atoms with Crippen LogP contribution < -0.4 is 10.0 Å². The molecule has 0 saturated heterocycles. The molecule has 0 aliphatic heterocycles. The van der Waals surface area contributed by atoms with Crippen molar-refractivity contribution in [3.8, 4) is 0 Å². The van der Waals surface area contributed by atoms with E-state index in [4.69, 9.17) is 0 Å². The molecule has 1 aromatic rings. The third kappa shape index (κ3) is 5.45. The zero-order chi connectivity index (χ0) is 15.3. The SMILES string of the molecule is COC(=O)c1cccc(CS(=O)(=O)NCCNC2CC2)c1. The molecule has 21 heavy (non-hydrogen) atoms. The molecule has 0 atom stereocenters. The van der Waals surface area contributed by atoms with Crippen LogP contribution in [0, 0.1) is 0 Å². The van der Waals surface area contributed by atoms with Crippen LogP contribution in [0.3, 0.4) is 0 Å². The van der Waals surface area contributed by atoms with Gasteiger partial charge in [0, 0.05) is 19.1 Å². The van der Waals surface area contributed by atoms with Crippen molar-refractivity contribution in [2.24, 2.45) is 0 Å². The summed E-state index contributed by atoms with van der Waals surface area (Å²) >= 11 is 0. The summed E-state index contributed by atoms with van der Waals surface area (Å²) in [4.78, 5) is 11.4. The fourth-order valence-electron chi connectivity index (χ4n) is 1.95. The van der Waals surface area contributed by atoms with E-state index in [2.05, 4.69) is 14.8 Å². The molecule has 1 aliphatic rings. The summed E-state index contributed by atoms with van der Waals surface area (Å²) in [5.41, 5.74) is 0.904. The molecule has 1 aliphatic carbocycles. The highest BCUT2D eigenvalue weighted by Crippen LogP contribution is 2.17. The molecule has 0 aromatic heterocycles. The number of sulfonamides is 1. The van der Waals surface area contributed by atoms with E-state index in [9.17, 15) is 13.2 Å². The van der Waals surface area contributed by atoms with Crippen LogP contribution in [-0.2, 0) is 20.5 Å². The molecular formula is C14H20N2O4S. The number of nitrogens with one attached hydrogen (secondary N) is 2. The van der Waals surface area contributed by atoms with Gasteiger partial charge in [0.05, 0.1) is 18.4 Å². The Hall–Kier alpha value is -1.44. The van der Waals surface area contributed by atoms with E-state index in [1.165, 1.54) is 26.0 Å². The molecule has 0 amide bonds. The van der Waals surface area contributed by atoms with Gasteiger partial charge in [-0.3, -0.25) is 0 Å². The maximum Gasteiger partial charge on any atom is 0.337 e. The van der Waals surface area contributed by atoms with E-state index in [1.807, 2.05) is 0 Å². The molecule has 0 radical (unpaired) electrons. The second-order valence-electron chi connectivity index (χ2n) is 5.07. The molecule has 0 unspecified atom stereocenters. The van der Waals surface area contributed by atoms with Crippen molar-refractivity contribution in [3.05, 3.63) is 35.4 Å². The van der Waals surface area contributed by atoms with Crippen molar-refractivity contribution < 1.29 is 17.9 Å². The second-order valence-corrected chi connectivity index (χ2v) is 6.88. The maximum atomic E-state index is 12.0. The Bertz CT molecular complexity index is 597. The molecule has 116 valence electrons. The average Bonchev–Trinajstić information content (AvgIpc) is 3.27. The van der Waals surface area contributed by atoms with Crippen LogP contribution in [0.25, 0.3) is 0 Å². The van der Waals surface area contributed by atoms with Crippen LogP contribution in [0.5, 0.6) is 0 Å². The number of esters is 1. The lowest BCUT2D eigenvalue weighted by Gasteiger charge is -2.08. The number of hydrogen-bond acceptors (Lipinski definition) is 5. The zero-order valence-electron chi connectivity index (χ0n) is 12.0. The number of hydrogen-bond donors (Lipinski definition) is 2. The molecule has 7 heteroatoms. The van der Waals surface area contributed by atoms with Crippen molar-refractivity contribution in [1.29, 1.82) is 0 Å². The Kier molecular flexibility index (Phi) is 5.33. The van der Waals surface area contributed by atoms with Gasteiger partial charge >= 0.3 is 5.97 Å².